The van der Waals surface area contributed by atoms with Crippen molar-refractivity contribution in [3.8, 4) is 0 Å². The van der Waals surface area contributed by atoms with Crippen molar-refractivity contribution < 1.29 is 0 Å². The van der Waals surface area contributed by atoms with Crippen molar-refractivity contribution in [2.24, 2.45) is 11.1 Å². The van der Waals surface area contributed by atoms with E-state index < -0.39 is 0 Å². The molecule has 3 N–H and O–H groups in total. The van der Waals surface area contributed by atoms with Crippen molar-refractivity contribution in [2.75, 3.05) is 32.5 Å². The van der Waals surface area contributed by atoms with Crippen molar-refractivity contribution in [1.82, 2.24) is 9.88 Å². The molecule has 0 fully saturated rings. The Morgan fingerprint density at radius 3 is 2.63 bits per heavy atom. The molecule has 4 nitrogen and oxygen atoms in total. The van der Waals surface area contributed by atoms with Crippen LogP contribution in [-0.4, -0.2) is 42.1 Å². The molecule has 1 heterocycles. The topological polar surface area (TPSA) is 54.2 Å². The Hall–Kier alpha value is -1.20. The van der Waals surface area contributed by atoms with Gasteiger partial charge in [-0.1, -0.05) is 26.1 Å². The fourth-order valence-electron chi connectivity index (χ4n) is 2.24. The molecule has 0 aromatic carbocycles. The lowest BCUT2D eigenvalue weighted by molar-refractivity contribution is 0.254. The van der Waals surface area contributed by atoms with Crippen molar-refractivity contribution in [3.63, 3.8) is 0 Å². The lowest BCUT2D eigenvalue weighted by Gasteiger charge is -2.29. The van der Waals surface area contributed by atoms with Crippen LogP contribution in [0.5, 0.6) is 0 Å². The molecular weight excluding hydrogens is 256 g/mol. The molecule has 0 bridgehead atoms. The van der Waals surface area contributed by atoms with Gasteiger partial charge in [-0.15, -0.1) is 0 Å². The predicted molar refractivity (Wildman–Crippen MR) is 85.7 cm³/mol. The highest BCUT2D eigenvalue weighted by Gasteiger charge is 2.20. The number of nitrogens with two attached hydrogens (primary N) is 1. The Kier molecular flexibility index (Phi) is 5.26. The number of nitrogens with one attached hydrogen (secondary N) is 1. The summed E-state index contributed by atoms with van der Waals surface area (Å²) in [4.78, 5) is 6.92. The summed E-state index contributed by atoms with van der Waals surface area (Å²) >= 11 is 5.10. The van der Waals surface area contributed by atoms with Crippen LogP contribution in [0, 0.1) is 12.3 Å². The number of rotatable bonds is 6. The van der Waals surface area contributed by atoms with Crippen LogP contribution in [-0.2, 0) is 0 Å². The smallest absolute Gasteiger partial charge is 0.136 e. The van der Waals surface area contributed by atoms with E-state index in [1.165, 1.54) is 0 Å². The van der Waals surface area contributed by atoms with E-state index >= 15 is 0 Å². The minimum atomic E-state index is 0.141. The van der Waals surface area contributed by atoms with Crippen molar-refractivity contribution in [2.45, 2.75) is 20.8 Å². The Morgan fingerprint density at radius 1 is 1.47 bits per heavy atom. The van der Waals surface area contributed by atoms with Crippen LogP contribution in [0.2, 0.25) is 0 Å². The van der Waals surface area contributed by atoms with Crippen molar-refractivity contribution in [1.29, 1.82) is 0 Å². The first-order valence-electron chi connectivity index (χ1n) is 6.37. The third kappa shape index (κ3) is 4.76. The zero-order valence-electron chi connectivity index (χ0n) is 12.4. The van der Waals surface area contributed by atoms with E-state index in [0.29, 0.717) is 4.99 Å². The maximum absolute atomic E-state index is 5.78. The molecule has 106 valence electrons. The summed E-state index contributed by atoms with van der Waals surface area (Å²) in [7, 11) is 4.15. The molecule has 0 radical (unpaired) electrons. The minimum absolute atomic E-state index is 0.141. The van der Waals surface area contributed by atoms with E-state index in [1.54, 1.807) is 6.20 Å². The largest absolute Gasteiger partial charge is 0.389 e. The molecular formula is C14H24N4S. The van der Waals surface area contributed by atoms with Crippen LogP contribution < -0.4 is 11.1 Å². The number of pyridine rings is 1. The van der Waals surface area contributed by atoms with Crippen LogP contribution in [0.15, 0.2) is 12.3 Å². The second-order valence-electron chi connectivity index (χ2n) is 5.97. The lowest BCUT2D eigenvalue weighted by atomic mass is 9.93. The molecule has 0 spiro atoms. The predicted octanol–water partition coefficient (Wildman–Crippen LogP) is 2.02. The number of thiocarbonyl (C=S) groups is 1. The molecule has 0 saturated carbocycles. The van der Waals surface area contributed by atoms with Gasteiger partial charge in [0.05, 0.1) is 5.56 Å². The van der Waals surface area contributed by atoms with Gasteiger partial charge in [0.25, 0.3) is 0 Å². The molecule has 1 rings (SSSR count). The van der Waals surface area contributed by atoms with Crippen LogP contribution >= 0.6 is 12.2 Å². The maximum atomic E-state index is 5.78. The van der Waals surface area contributed by atoms with Gasteiger partial charge in [-0.2, -0.15) is 0 Å². The second-order valence-corrected chi connectivity index (χ2v) is 6.41. The monoisotopic (exact) mass is 280 g/mol. The zero-order chi connectivity index (χ0) is 14.6. The average molecular weight is 280 g/mol. The first kappa shape index (κ1) is 15.9. The summed E-state index contributed by atoms with van der Waals surface area (Å²) in [6.45, 7) is 8.24. The van der Waals surface area contributed by atoms with Gasteiger partial charge < -0.3 is 16.0 Å². The van der Waals surface area contributed by atoms with Gasteiger partial charge in [0.15, 0.2) is 0 Å². The highest BCUT2D eigenvalue weighted by molar-refractivity contribution is 7.80. The van der Waals surface area contributed by atoms with Gasteiger partial charge in [-0.25, -0.2) is 4.98 Å². The number of aromatic nitrogens is 1. The third-order valence-corrected chi connectivity index (χ3v) is 3.09. The van der Waals surface area contributed by atoms with Gasteiger partial charge in [-0.05, 0) is 38.1 Å². The minimum Gasteiger partial charge on any atom is -0.389 e. The first-order chi connectivity index (χ1) is 8.73. The standard InChI is InChI=1S/C14H24N4S/c1-10-6-7-16-13(11(10)12(15)19)17-8-14(2,3)9-18(4)5/h6-7H,8-9H2,1-5H3,(H2,15,19)(H,16,17). The maximum Gasteiger partial charge on any atom is 0.136 e. The molecule has 0 unspecified atom stereocenters. The molecule has 5 heteroatoms. The van der Waals surface area contributed by atoms with E-state index in [4.69, 9.17) is 18.0 Å². The molecule has 0 amide bonds. The molecule has 0 aliphatic carbocycles. The first-order valence-corrected chi connectivity index (χ1v) is 6.78. The summed E-state index contributed by atoms with van der Waals surface area (Å²) in [5, 5.41) is 3.38. The van der Waals surface area contributed by atoms with Crippen LogP contribution in [0.25, 0.3) is 0 Å². The third-order valence-electron chi connectivity index (χ3n) is 2.88. The van der Waals surface area contributed by atoms with Crippen LogP contribution in [0.3, 0.4) is 0 Å². The molecule has 0 aliphatic heterocycles. The Labute approximate surface area is 121 Å². The summed E-state index contributed by atoms with van der Waals surface area (Å²) in [6, 6.07) is 1.92. The SMILES string of the molecule is Cc1ccnc(NCC(C)(C)CN(C)C)c1C(N)=S. The van der Waals surface area contributed by atoms with Crippen molar-refractivity contribution >= 4 is 23.0 Å². The van der Waals surface area contributed by atoms with Gasteiger partial charge in [0.1, 0.15) is 10.8 Å². The molecule has 0 saturated heterocycles. The summed E-state index contributed by atoms with van der Waals surface area (Å²) < 4.78 is 0. The average Bonchev–Trinajstić information content (AvgIpc) is 2.24. The molecule has 0 atom stereocenters. The van der Waals surface area contributed by atoms with E-state index in [1.807, 2.05) is 13.0 Å². The summed E-state index contributed by atoms with van der Waals surface area (Å²) in [5.41, 5.74) is 7.82. The van der Waals surface area contributed by atoms with E-state index in [-0.39, 0.29) is 5.41 Å². The van der Waals surface area contributed by atoms with Crippen LogP contribution in [0.4, 0.5) is 5.82 Å². The number of anilines is 1. The quantitative estimate of drug-likeness (QED) is 0.781. The zero-order valence-corrected chi connectivity index (χ0v) is 13.3. The molecule has 1 aromatic heterocycles. The number of aryl methyl sites for hydroxylation is 1. The normalized spacial score (nSPS) is 11.7. The summed E-state index contributed by atoms with van der Waals surface area (Å²) in [6.07, 6.45) is 1.78. The lowest BCUT2D eigenvalue weighted by Crippen LogP contribution is -2.35. The fraction of sp³-hybridized carbons (Fsp3) is 0.571. The Bertz CT molecular complexity index is 455. The van der Waals surface area contributed by atoms with Gasteiger partial charge >= 0.3 is 0 Å². The van der Waals surface area contributed by atoms with Crippen molar-refractivity contribution in [3.05, 3.63) is 23.4 Å². The molecule has 19 heavy (non-hydrogen) atoms. The van der Waals surface area contributed by atoms with Gasteiger partial charge in [0, 0.05) is 19.3 Å². The number of nitrogens with zero attached hydrogens (tertiary/aromatic N) is 2. The van der Waals surface area contributed by atoms with E-state index in [0.717, 1.165) is 30.0 Å². The van der Waals surface area contributed by atoms with E-state index in [9.17, 15) is 0 Å². The molecule has 0 aliphatic rings. The fourth-order valence-corrected chi connectivity index (χ4v) is 2.50. The van der Waals surface area contributed by atoms with Gasteiger partial charge in [0.2, 0.25) is 0 Å². The highest BCUT2D eigenvalue weighted by atomic mass is 32.1. The highest BCUT2D eigenvalue weighted by Crippen LogP contribution is 2.20. The van der Waals surface area contributed by atoms with E-state index in [2.05, 4.69) is 43.1 Å². The van der Waals surface area contributed by atoms with Gasteiger partial charge in [-0.3, -0.25) is 0 Å². The second kappa shape index (κ2) is 6.30. The Balaban J connectivity index is 2.84. The molecule has 1 aromatic rings. The van der Waals surface area contributed by atoms with Crippen LogP contribution in [0.1, 0.15) is 25.0 Å². The number of hydrogen-bond acceptors (Lipinski definition) is 4. The Morgan fingerprint density at radius 2 is 2.11 bits per heavy atom. The number of hydrogen-bond donors (Lipinski definition) is 2. The summed E-state index contributed by atoms with van der Waals surface area (Å²) in [5.74, 6) is 0.777.